The van der Waals surface area contributed by atoms with Crippen molar-refractivity contribution < 1.29 is 20.2 Å². The summed E-state index contributed by atoms with van der Waals surface area (Å²) in [6.07, 6.45) is 0. The van der Waals surface area contributed by atoms with E-state index in [0.717, 1.165) is 0 Å². The van der Waals surface area contributed by atoms with Gasteiger partial charge in [-0.05, 0) is 31.2 Å². The first-order valence-electron chi connectivity index (χ1n) is 6.14. The molecule has 21 heavy (non-hydrogen) atoms. The molecule has 4 N–H and O–H groups in total. The highest BCUT2D eigenvalue weighted by molar-refractivity contribution is 6.07. The van der Waals surface area contributed by atoms with Gasteiger partial charge in [0.25, 0.3) is 5.91 Å². The van der Waals surface area contributed by atoms with Gasteiger partial charge in [-0.15, -0.1) is 0 Å². The van der Waals surface area contributed by atoms with Crippen LogP contribution in [0.1, 0.15) is 22.8 Å². The standard InChI is InChI=1S/C15H14N2O4/c1-9(17-21)10-4-2-5-11(8-10)16-15(20)12-6-3-7-13(18)14(12)19/h2-8,18-19,21H,1H3,(H,16,20)/b17-9-. The number of carbonyl (C=O) groups is 1. The van der Waals surface area contributed by atoms with E-state index in [1.165, 1.54) is 18.2 Å². The second-order valence-electron chi connectivity index (χ2n) is 4.39. The first-order valence-corrected chi connectivity index (χ1v) is 6.14. The largest absolute Gasteiger partial charge is 0.504 e. The zero-order valence-corrected chi connectivity index (χ0v) is 11.2. The van der Waals surface area contributed by atoms with Gasteiger partial charge in [0.1, 0.15) is 0 Å². The number of phenolic OH excluding ortho intramolecular Hbond substituents is 2. The molecule has 0 radical (unpaired) electrons. The van der Waals surface area contributed by atoms with Crippen LogP contribution in [0.2, 0.25) is 0 Å². The molecule has 2 rings (SSSR count). The van der Waals surface area contributed by atoms with Crippen LogP contribution < -0.4 is 5.32 Å². The van der Waals surface area contributed by atoms with Crippen LogP contribution in [0.5, 0.6) is 11.5 Å². The second kappa shape index (κ2) is 5.96. The van der Waals surface area contributed by atoms with Crippen LogP contribution >= 0.6 is 0 Å². The van der Waals surface area contributed by atoms with Gasteiger partial charge in [-0.2, -0.15) is 0 Å². The minimum atomic E-state index is -0.556. The highest BCUT2D eigenvalue weighted by Crippen LogP contribution is 2.28. The molecule has 1 amide bonds. The summed E-state index contributed by atoms with van der Waals surface area (Å²) in [7, 11) is 0. The highest BCUT2D eigenvalue weighted by atomic mass is 16.4. The van der Waals surface area contributed by atoms with Crippen molar-refractivity contribution in [1.29, 1.82) is 0 Å². The van der Waals surface area contributed by atoms with Gasteiger partial charge in [0.2, 0.25) is 0 Å². The lowest BCUT2D eigenvalue weighted by atomic mass is 10.1. The number of rotatable bonds is 3. The number of hydrogen-bond donors (Lipinski definition) is 4. The van der Waals surface area contributed by atoms with Crippen LogP contribution in [-0.4, -0.2) is 27.0 Å². The summed E-state index contributed by atoms with van der Waals surface area (Å²) < 4.78 is 0. The predicted molar refractivity (Wildman–Crippen MR) is 78.2 cm³/mol. The molecule has 0 saturated carbocycles. The molecule has 0 saturated heterocycles. The lowest BCUT2D eigenvalue weighted by Gasteiger charge is -2.09. The third kappa shape index (κ3) is 3.11. The molecule has 2 aromatic rings. The van der Waals surface area contributed by atoms with Crippen LogP contribution in [0, 0.1) is 0 Å². The average Bonchev–Trinajstić information content (AvgIpc) is 2.49. The van der Waals surface area contributed by atoms with Crippen molar-refractivity contribution in [3.8, 4) is 11.5 Å². The molecule has 0 aliphatic rings. The molecule has 0 unspecified atom stereocenters. The summed E-state index contributed by atoms with van der Waals surface area (Å²) in [6.45, 7) is 1.63. The number of oxime groups is 1. The summed E-state index contributed by atoms with van der Waals surface area (Å²) in [5.74, 6) is -1.39. The quantitative estimate of drug-likeness (QED) is 0.301. The van der Waals surface area contributed by atoms with E-state index >= 15 is 0 Å². The Balaban J connectivity index is 2.26. The molecular weight excluding hydrogens is 272 g/mol. The molecule has 0 spiro atoms. The summed E-state index contributed by atoms with van der Waals surface area (Å²) in [4.78, 5) is 12.1. The van der Waals surface area contributed by atoms with Crippen LogP contribution in [0.3, 0.4) is 0 Å². The van der Waals surface area contributed by atoms with Gasteiger partial charge in [-0.3, -0.25) is 4.79 Å². The number of aromatic hydroxyl groups is 2. The monoisotopic (exact) mass is 286 g/mol. The molecule has 0 aromatic heterocycles. The van der Waals surface area contributed by atoms with E-state index in [1.54, 1.807) is 31.2 Å². The average molecular weight is 286 g/mol. The molecule has 0 atom stereocenters. The van der Waals surface area contributed by atoms with Gasteiger partial charge in [-0.1, -0.05) is 23.4 Å². The first-order chi connectivity index (χ1) is 10.0. The minimum absolute atomic E-state index is 0.0343. The molecule has 6 heteroatoms. The van der Waals surface area contributed by atoms with Crippen molar-refractivity contribution in [1.82, 2.24) is 0 Å². The molecule has 0 bridgehead atoms. The van der Waals surface area contributed by atoms with Gasteiger partial charge in [-0.25, -0.2) is 0 Å². The number of hydrogen-bond acceptors (Lipinski definition) is 5. The fourth-order valence-electron chi connectivity index (χ4n) is 1.79. The zero-order valence-electron chi connectivity index (χ0n) is 11.2. The Morgan fingerprint density at radius 1 is 1.14 bits per heavy atom. The van der Waals surface area contributed by atoms with Crippen molar-refractivity contribution in [2.45, 2.75) is 6.92 Å². The fraction of sp³-hybridized carbons (Fsp3) is 0.0667. The fourth-order valence-corrected chi connectivity index (χ4v) is 1.79. The Morgan fingerprint density at radius 2 is 1.86 bits per heavy atom. The number of nitrogens with one attached hydrogen (secondary N) is 1. The van der Waals surface area contributed by atoms with Gasteiger partial charge in [0.15, 0.2) is 11.5 Å². The van der Waals surface area contributed by atoms with E-state index < -0.39 is 11.7 Å². The molecule has 0 aliphatic carbocycles. The van der Waals surface area contributed by atoms with E-state index in [0.29, 0.717) is 17.0 Å². The van der Waals surface area contributed by atoms with Crippen molar-refractivity contribution in [2.24, 2.45) is 5.16 Å². The molecule has 0 heterocycles. The third-order valence-corrected chi connectivity index (χ3v) is 2.95. The maximum atomic E-state index is 12.1. The normalized spacial score (nSPS) is 11.2. The number of anilines is 1. The minimum Gasteiger partial charge on any atom is -0.504 e. The summed E-state index contributed by atoms with van der Waals surface area (Å²) >= 11 is 0. The Hall–Kier alpha value is -3.02. The molecular formula is C15H14N2O4. The number of phenols is 2. The second-order valence-corrected chi connectivity index (χ2v) is 4.39. The smallest absolute Gasteiger partial charge is 0.259 e. The first kappa shape index (κ1) is 14.4. The molecule has 108 valence electrons. The summed E-state index contributed by atoms with van der Waals surface area (Å²) in [6, 6.07) is 10.9. The Bertz CT molecular complexity index is 711. The SMILES string of the molecule is C/C(=N/O)c1cccc(NC(=O)c2cccc(O)c2O)c1. The zero-order chi connectivity index (χ0) is 15.4. The number of para-hydroxylation sites is 1. The predicted octanol–water partition coefficient (Wildman–Crippen LogP) is 2.55. The Morgan fingerprint density at radius 3 is 2.57 bits per heavy atom. The van der Waals surface area contributed by atoms with Crippen molar-refractivity contribution in [2.75, 3.05) is 5.32 Å². The molecule has 6 nitrogen and oxygen atoms in total. The van der Waals surface area contributed by atoms with E-state index in [2.05, 4.69) is 10.5 Å². The van der Waals surface area contributed by atoms with Crippen LogP contribution in [0.15, 0.2) is 47.6 Å². The third-order valence-electron chi connectivity index (χ3n) is 2.95. The Kier molecular flexibility index (Phi) is 4.08. The summed E-state index contributed by atoms with van der Waals surface area (Å²) in [5.41, 5.74) is 1.50. The van der Waals surface area contributed by atoms with Gasteiger partial charge in [0, 0.05) is 11.3 Å². The lowest BCUT2D eigenvalue weighted by Crippen LogP contribution is -2.12. The lowest BCUT2D eigenvalue weighted by molar-refractivity contribution is 0.102. The number of amides is 1. The Labute approximate surface area is 121 Å². The van der Waals surface area contributed by atoms with E-state index in [-0.39, 0.29) is 11.3 Å². The van der Waals surface area contributed by atoms with Gasteiger partial charge < -0.3 is 20.7 Å². The van der Waals surface area contributed by atoms with Crippen LogP contribution in [0.25, 0.3) is 0 Å². The van der Waals surface area contributed by atoms with Crippen molar-refractivity contribution in [3.63, 3.8) is 0 Å². The highest BCUT2D eigenvalue weighted by Gasteiger charge is 2.14. The van der Waals surface area contributed by atoms with E-state index in [1.807, 2.05) is 0 Å². The molecule has 0 fully saturated rings. The molecule has 2 aromatic carbocycles. The number of benzene rings is 2. The maximum Gasteiger partial charge on any atom is 0.259 e. The van der Waals surface area contributed by atoms with Crippen molar-refractivity contribution in [3.05, 3.63) is 53.6 Å². The van der Waals surface area contributed by atoms with Crippen LogP contribution in [0.4, 0.5) is 5.69 Å². The van der Waals surface area contributed by atoms with Gasteiger partial charge in [0.05, 0.1) is 11.3 Å². The summed E-state index contributed by atoms with van der Waals surface area (Å²) in [5, 5.41) is 33.5. The van der Waals surface area contributed by atoms with Crippen LogP contribution in [-0.2, 0) is 0 Å². The van der Waals surface area contributed by atoms with Gasteiger partial charge >= 0.3 is 0 Å². The molecule has 0 aliphatic heterocycles. The number of nitrogens with zero attached hydrogens (tertiary/aromatic N) is 1. The number of carbonyl (C=O) groups excluding carboxylic acids is 1. The van der Waals surface area contributed by atoms with Crippen molar-refractivity contribution >= 4 is 17.3 Å². The topological polar surface area (TPSA) is 102 Å². The van der Waals surface area contributed by atoms with E-state index in [4.69, 9.17) is 5.21 Å². The maximum absolute atomic E-state index is 12.1. The van der Waals surface area contributed by atoms with E-state index in [9.17, 15) is 15.0 Å².